The SMILES string of the molecule is Cc1[nH]c2c(N)ccc(F)c2c1I. The van der Waals surface area contributed by atoms with Crippen LogP contribution < -0.4 is 5.73 Å². The predicted molar refractivity (Wildman–Crippen MR) is 60.1 cm³/mol. The van der Waals surface area contributed by atoms with E-state index < -0.39 is 0 Å². The van der Waals surface area contributed by atoms with Gasteiger partial charge in [0, 0.05) is 9.26 Å². The minimum absolute atomic E-state index is 0.224. The van der Waals surface area contributed by atoms with Gasteiger partial charge in [-0.15, -0.1) is 0 Å². The normalized spacial score (nSPS) is 11.0. The molecule has 1 heterocycles. The Hall–Kier alpha value is -0.780. The van der Waals surface area contributed by atoms with Crippen LogP contribution in [-0.4, -0.2) is 4.98 Å². The molecule has 3 N–H and O–H groups in total. The molecule has 2 aromatic rings. The van der Waals surface area contributed by atoms with E-state index >= 15 is 0 Å². The maximum Gasteiger partial charge on any atom is 0.133 e. The molecule has 0 unspecified atom stereocenters. The lowest BCUT2D eigenvalue weighted by atomic mass is 10.2. The van der Waals surface area contributed by atoms with Gasteiger partial charge < -0.3 is 10.7 Å². The van der Waals surface area contributed by atoms with Crippen molar-refractivity contribution in [2.75, 3.05) is 5.73 Å². The zero-order valence-electron chi connectivity index (χ0n) is 6.99. The Balaban J connectivity index is 3.00. The minimum Gasteiger partial charge on any atom is -0.397 e. The van der Waals surface area contributed by atoms with Crippen LogP contribution in [0, 0.1) is 16.3 Å². The number of benzene rings is 1. The maximum absolute atomic E-state index is 13.4. The lowest BCUT2D eigenvalue weighted by Crippen LogP contribution is -1.87. The van der Waals surface area contributed by atoms with Crippen LogP contribution in [0.5, 0.6) is 0 Å². The monoisotopic (exact) mass is 290 g/mol. The molecule has 0 bridgehead atoms. The molecule has 1 aromatic carbocycles. The molecule has 0 fully saturated rings. The van der Waals surface area contributed by atoms with Crippen LogP contribution in [-0.2, 0) is 0 Å². The highest BCUT2D eigenvalue weighted by Gasteiger charge is 2.11. The Morgan fingerprint density at radius 3 is 2.77 bits per heavy atom. The molecule has 0 amide bonds. The number of halogens is 2. The van der Waals surface area contributed by atoms with Crippen molar-refractivity contribution in [2.24, 2.45) is 0 Å². The highest BCUT2D eigenvalue weighted by Crippen LogP contribution is 2.29. The molecule has 0 aliphatic heterocycles. The van der Waals surface area contributed by atoms with E-state index in [2.05, 4.69) is 27.6 Å². The smallest absolute Gasteiger partial charge is 0.133 e. The minimum atomic E-state index is -0.224. The van der Waals surface area contributed by atoms with Crippen molar-refractivity contribution in [3.8, 4) is 0 Å². The van der Waals surface area contributed by atoms with Gasteiger partial charge in [0.1, 0.15) is 5.82 Å². The van der Waals surface area contributed by atoms with Crippen molar-refractivity contribution < 1.29 is 4.39 Å². The molecule has 0 aliphatic carbocycles. The molecule has 0 radical (unpaired) electrons. The summed E-state index contributed by atoms with van der Waals surface area (Å²) in [5, 5.41) is 0.595. The molecular formula is C9H8FIN2. The van der Waals surface area contributed by atoms with E-state index in [0.717, 1.165) is 9.26 Å². The van der Waals surface area contributed by atoms with E-state index in [4.69, 9.17) is 5.73 Å². The van der Waals surface area contributed by atoms with Gasteiger partial charge in [0.05, 0.1) is 16.6 Å². The summed E-state index contributed by atoms with van der Waals surface area (Å²) in [6.07, 6.45) is 0. The second kappa shape index (κ2) is 2.87. The lowest BCUT2D eigenvalue weighted by molar-refractivity contribution is 0.639. The summed E-state index contributed by atoms with van der Waals surface area (Å²) in [5.41, 5.74) is 7.94. The molecule has 0 saturated carbocycles. The third-order valence-electron chi connectivity index (χ3n) is 2.05. The molecular weight excluding hydrogens is 282 g/mol. The van der Waals surface area contributed by atoms with Crippen LogP contribution in [0.3, 0.4) is 0 Å². The summed E-state index contributed by atoms with van der Waals surface area (Å²) < 4.78 is 14.3. The number of aromatic amines is 1. The zero-order valence-corrected chi connectivity index (χ0v) is 9.15. The lowest BCUT2D eigenvalue weighted by Gasteiger charge is -1.96. The molecule has 0 atom stereocenters. The van der Waals surface area contributed by atoms with Gasteiger partial charge >= 0.3 is 0 Å². The van der Waals surface area contributed by atoms with Gasteiger partial charge in [-0.2, -0.15) is 0 Å². The van der Waals surface area contributed by atoms with Crippen molar-refractivity contribution in [1.82, 2.24) is 4.98 Å². The highest BCUT2D eigenvalue weighted by molar-refractivity contribution is 14.1. The molecule has 1 aromatic heterocycles. The first-order valence-electron chi connectivity index (χ1n) is 3.83. The summed E-state index contributed by atoms with van der Waals surface area (Å²) >= 11 is 2.11. The van der Waals surface area contributed by atoms with Crippen molar-refractivity contribution >= 4 is 39.2 Å². The fourth-order valence-electron chi connectivity index (χ4n) is 1.37. The Bertz CT molecular complexity index is 476. The summed E-state index contributed by atoms with van der Waals surface area (Å²) in [6, 6.07) is 2.97. The summed E-state index contributed by atoms with van der Waals surface area (Å²) in [5.74, 6) is -0.224. The molecule has 13 heavy (non-hydrogen) atoms. The predicted octanol–water partition coefficient (Wildman–Crippen LogP) is 2.80. The van der Waals surface area contributed by atoms with Crippen LogP contribution in [0.15, 0.2) is 12.1 Å². The van der Waals surface area contributed by atoms with E-state index in [0.29, 0.717) is 16.6 Å². The second-order valence-electron chi connectivity index (χ2n) is 2.95. The van der Waals surface area contributed by atoms with Gasteiger partial charge in [0.15, 0.2) is 0 Å². The highest BCUT2D eigenvalue weighted by atomic mass is 127. The van der Waals surface area contributed by atoms with Gasteiger partial charge in [0.25, 0.3) is 0 Å². The fraction of sp³-hybridized carbons (Fsp3) is 0.111. The number of fused-ring (bicyclic) bond motifs is 1. The average Bonchev–Trinajstić information content (AvgIpc) is 2.38. The summed E-state index contributed by atoms with van der Waals surface area (Å²) in [7, 11) is 0. The van der Waals surface area contributed by atoms with Crippen molar-refractivity contribution in [3.63, 3.8) is 0 Å². The summed E-state index contributed by atoms with van der Waals surface area (Å²) in [6.45, 7) is 1.90. The molecule has 0 aliphatic rings. The standard InChI is InChI=1S/C9H8FIN2/c1-4-8(11)7-5(10)2-3-6(12)9(7)13-4/h2-3,13H,12H2,1H3. The number of aromatic nitrogens is 1. The number of nitrogen functional groups attached to an aromatic ring is 1. The maximum atomic E-state index is 13.4. The van der Waals surface area contributed by atoms with Crippen molar-refractivity contribution in [3.05, 3.63) is 27.2 Å². The van der Waals surface area contributed by atoms with E-state index in [1.165, 1.54) is 6.07 Å². The van der Waals surface area contributed by atoms with Gasteiger partial charge in [0.2, 0.25) is 0 Å². The number of anilines is 1. The third kappa shape index (κ3) is 1.20. The number of H-pyrrole nitrogens is 1. The molecule has 2 rings (SSSR count). The molecule has 68 valence electrons. The Labute approximate surface area is 88.5 Å². The second-order valence-corrected chi connectivity index (χ2v) is 4.03. The van der Waals surface area contributed by atoms with Crippen LogP contribution in [0.4, 0.5) is 10.1 Å². The van der Waals surface area contributed by atoms with E-state index in [1.807, 2.05) is 6.92 Å². The molecule has 0 saturated heterocycles. The largest absolute Gasteiger partial charge is 0.397 e. The average molecular weight is 290 g/mol. The fourth-order valence-corrected chi connectivity index (χ4v) is 2.03. The van der Waals surface area contributed by atoms with E-state index in [9.17, 15) is 4.39 Å². The number of rotatable bonds is 0. The number of hydrogen-bond donors (Lipinski definition) is 2. The van der Waals surface area contributed by atoms with Crippen LogP contribution in [0.1, 0.15) is 5.69 Å². The van der Waals surface area contributed by atoms with Crippen molar-refractivity contribution in [1.29, 1.82) is 0 Å². The van der Waals surface area contributed by atoms with Gasteiger partial charge in [-0.25, -0.2) is 4.39 Å². The molecule has 0 spiro atoms. The van der Waals surface area contributed by atoms with Crippen molar-refractivity contribution in [2.45, 2.75) is 6.92 Å². The number of hydrogen-bond acceptors (Lipinski definition) is 1. The van der Waals surface area contributed by atoms with E-state index in [1.54, 1.807) is 6.07 Å². The molecule has 2 nitrogen and oxygen atoms in total. The Morgan fingerprint density at radius 2 is 2.15 bits per heavy atom. The Kier molecular flexibility index (Phi) is 1.94. The number of aryl methyl sites for hydroxylation is 1. The third-order valence-corrected chi connectivity index (χ3v) is 3.40. The van der Waals surface area contributed by atoms with Crippen LogP contribution >= 0.6 is 22.6 Å². The van der Waals surface area contributed by atoms with Gasteiger partial charge in [-0.05, 0) is 41.6 Å². The van der Waals surface area contributed by atoms with Crippen LogP contribution in [0.2, 0.25) is 0 Å². The molecule has 4 heteroatoms. The first-order valence-corrected chi connectivity index (χ1v) is 4.91. The first-order chi connectivity index (χ1) is 6.11. The first kappa shape index (κ1) is 8.80. The van der Waals surface area contributed by atoms with Gasteiger partial charge in [-0.3, -0.25) is 0 Å². The number of nitrogens with one attached hydrogen (secondary N) is 1. The topological polar surface area (TPSA) is 41.8 Å². The number of nitrogens with two attached hydrogens (primary N) is 1. The van der Waals surface area contributed by atoms with Gasteiger partial charge in [-0.1, -0.05) is 0 Å². The quantitative estimate of drug-likeness (QED) is 0.568. The zero-order chi connectivity index (χ0) is 9.59. The van der Waals surface area contributed by atoms with E-state index in [-0.39, 0.29) is 5.82 Å². The van der Waals surface area contributed by atoms with Crippen LogP contribution in [0.25, 0.3) is 10.9 Å². The summed E-state index contributed by atoms with van der Waals surface area (Å²) in [4.78, 5) is 3.06. The Morgan fingerprint density at radius 1 is 1.46 bits per heavy atom.